The van der Waals surface area contributed by atoms with Crippen LogP contribution in [0, 0.1) is 10.1 Å². The molecule has 0 aliphatic carbocycles. The van der Waals surface area contributed by atoms with E-state index in [0.717, 1.165) is 23.4 Å². The van der Waals surface area contributed by atoms with Gasteiger partial charge in [-0.1, -0.05) is 0 Å². The van der Waals surface area contributed by atoms with Crippen molar-refractivity contribution in [3.8, 4) is 11.5 Å². The smallest absolute Gasteiger partial charge is 0.331 e. The molecule has 2 aromatic carbocycles. The lowest BCUT2D eigenvalue weighted by Gasteiger charge is -2.05. The average molecular weight is 426 g/mol. The van der Waals surface area contributed by atoms with Crippen molar-refractivity contribution in [3.63, 3.8) is 0 Å². The number of hydrogen-bond donors (Lipinski definition) is 1. The van der Waals surface area contributed by atoms with Crippen LogP contribution in [-0.2, 0) is 14.3 Å². The maximum absolute atomic E-state index is 11.7. The summed E-state index contributed by atoms with van der Waals surface area (Å²) in [5.74, 6) is -0.0673. The number of amides is 1. The summed E-state index contributed by atoms with van der Waals surface area (Å²) >= 11 is 0.978. The van der Waals surface area contributed by atoms with E-state index < -0.39 is 16.8 Å². The molecule has 1 aliphatic heterocycles. The molecule has 0 unspecified atom stereocenters. The summed E-state index contributed by atoms with van der Waals surface area (Å²) in [6.45, 7) is 0. The monoisotopic (exact) mass is 426 g/mol. The number of nitrogens with one attached hydrogen (secondary N) is 1. The fourth-order valence-corrected chi connectivity index (χ4v) is 2.92. The molecular weight excluding hydrogens is 412 g/mol. The van der Waals surface area contributed by atoms with Gasteiger partial charge in [0.05, 0.1) is 23.2 Å². The zero-order valence-corrected chi connectivity index (χ0v) is 16.3. The molecular formula is C19H14N4O6S. The van der Waals surface area contributed by atoms with Crippen LogP contribution in [0.1, 0.15) is 5.56 Å². The largest absolute Gasteiger partial charge is 0.466 e. The number of nitro benzene ring substituents is 1. The number of ether oxygens (including phenoxy) is 2. The van der Waals surface area contributed by atoms with Crippen LogP contribution in [0.15, 0.2) is 69.7 Å². The van der Waals surface area contributed by atoms with E-state index in [-0.39, 0.29) is 15.8 Å². The third-order valence-electron chi connectivity index (χ3n) is 3.62. The van der Waals surface area contributed by atoms with Gasteiger partial charge in [0.25, 0.3) is 11.6 Å². The zero-order valence-electron chi connectivity index (χ0n) is 15.5. The van der Waals surface area contributed by atoms with Crippen molar-refractivity contribution < 1.29 is 24.0 Å². The summed E-state index contributed by atoms with van der Waals surface area (Å²) in [5, 5.41) is 21.2. The van der Waals surface area contributed by atoms with Gasteiger partial charge in [-0.15, -0.1) is 5.10 Å². The highest BCUT2D eigenvalue weighted by Crippen LogP contribution is 2.25. The Morgan fingerprint density at radius 2 is 1.77 bits per heavy atom. The number of carbonyl (C=O) groups is 2. The highest BCUT2D eigenvalue weighted by atomic mass is 32.2. The maximum Gasteiger partial charge on any atom is 0.331 e. The normalized spacial score (nSPS) is 16.1. The number of nitro groups is 1. The van der Waals surface area contributed by atoms with Gasteiger partial charge in [0.15, 0.2) is 5.17 Å². The van der Waals surface area contributed by atoms with E-state index in [1.807, 2.05) is 0 Å². The predicted molar refractivity (Wildman–Crippen MR) is 110 cm³/mol. The van der Waals surface area contributed by atoms with E-state index in [2.05, 4.69) is 20.3 Å². The van der Waals surface area contributed by atoms with E-state index >= 15 is 0 Å². The Hall–Kier alpha value is -3.99. The van der Waals surface area contributed by atoms with E-state index in [0.29, 0.717) is 11.5 Å². The second-order valence-corrected chi connectivity index (χ2v) is 6.69. The lowest BCUT2D eigenvalue weighted by Crippen LogP contribution is -2.19. The fourth-order valence-electron chi connectivity index (χ4n) is 2.18. The Morgan fingerprint density at radius 1 is 1.13 bits per heavy atom. The number of benzene rings is 2. The number of esters is 1. The SMILES string of the molecule is COC(=O)/C=C1/S/C(=N\N=Cc2ccc(Oc3ccc([N+](=O)[O-])cc3)cc2)NC1=O. The molecule has 0 spiro atoms. The molecule has 2 aromatic rings. The number of methoxy groups -OCH3 is 1. The molecule has 1 aliphatic rings. The number of carbonyl (C=O) groups excluding carboxylic acids is 2. The zero-order chi connectivity index (χ0) is 21.5. The van der Waals surface area contributed by atoms with E-state index in [9.17, 15) is 19.7 Å². The summed E-state index contributed by atoms with van der Waals surface area (Å²) in [7, 11) is 1.22. The first-order valence-electron chi connectivity index (χ1n) is 8.37. The van der Waals surface area contributed by atoms with Crippen LogP contribution < -0.4 is 10.1 Å². The minimum atomic E-state index is -0.631. The Bertz CT molecular complexity index is 1060. The lowest BCUT2D eigenvalue weighted by atomic mass is 10.2. The van der Waals surface area contributed by atoms with Crippen molar-refractivity contribution in [2.45, 2.75) is 0 Å². The summed E-state index contributed by atoms with van der Waals surface area (Å²) < 4.78 is 10.1. The van der Waals surface area contributed by atoms with Crippen LogP contribution in [0.2, 0.25) is 0 Å². The van der Waals surface area contributed by atoms with E-state index in [4.69, 9.17) is 4.74 Å². The van der Waals surface area contributed by atoms with E-state index in [1.165, 1.54) is 37.6 Å². The molecule has 0 aromatic heterocycles. The summed E-state index contributed by atoms with van der Waals surface area (Å²) in [6, 6.07) is 12.7. The standard InChI is InChI=1S/C19H14N4O6S/c1-28-17(24)10-16-18(25)21-19(30-16)22-20-11-12-2-6-14(7-3-12)29-15-8-4-13(5-9-15)23(26)27/h2-11H,1H3,(H,21,22,25)/b16-10+,20-11?. The van der Waals surface area contributed by atoms with Crippen molar-refractivity contribution in [2.75, 3.05) is 7.11 Å². The number of rotatable bonds is 6. The molecule has 0 bridgehead atoms. The second kappa shape index (κ2) is 9.47. The summed E-state index contributed by atoms with van der Waals surface area (Å²) in [5.41, 5.74) is 0.718. The molecule has 1 fully saturated rings. The van der Waals surface area contributed by atoms with Crippen LogP contribution in [-0.4, -0.2) is 35.3 Å². The molecule has 3 rings (SSSR count). The van der Waals surface area contributed by atoms with Crippen molar-refractivity contribution >= 4 is 40.7 Å². The van der Waals surface area contributed by atoms with Crippen LogP contribution in [0.25, 0.3) is 0 Å². The fraction of sp³-hybridized carbons (Fsp3) is 0.0526. The van der Waals surface area contributed by atoms with Crippen LogP contribution in [0.3, 0.4) is 0 Å². The van der Waals surface area contributed by atoms with Crippen molar-refractivity contribution in [1.82, 2.24) is 5.32 Å². The van der Waals surface area contributed by atoms with Gasteiger partial charge in [-0.25, -0.2) is 4.79 Å². The van der Waals surface area contributed by atoms with Gasteiger partial charge in [-0.2, -0.15) is 5.10 Å². The third-order valence-corrected chi connectivity index (χ3v) is 4.52. The van der Waals surface area contributed by atoms with Crippen molar-refractivity contribution in [1.29, 1.82) is 0 Å². The first kappa shape index (κ1) is 20.7. The van der Waals surface area contributed by atoms with Gasteiger partial charge in [0.1, 0.15) is 11.5 Å². The predicted octanol–water partition coefficient (Wildman–Crippen LogP) is 3.00. The van der Waals surface area contributed by atoms with Crippen LogP contribution >= 0.6 is 11.8 Å². The van der Waals surface area contributed by atoms with Crippen molar-refractivity contribution in [2.24, 2.45) is 10.2 Å². The molecule has 0 saturated carbocycles. The van der Waals surface area contributed by atoms with Gasteiger partial charge < -0.3 is 9.47 Å². The van der Waals surface area contributed by atoms with Crippen LogP contribution in [0.5, 0.6) is 11.5 Å². The number of nitrogens with zero attached hydrogens (tertiary/aromatic N) is 3. The summed E-state index contributed by atoms with van der Waals surface area (Å²) in [6.07, 6.45) is 2.56. The molecule has 11 heteroatoms. The number of hydrogen-bond acceptors (Lipinski definition) is 9. The molecule has 1 heterocycles. The Morgan fingerprint density at radius 3 is 2.37 bits per heavy atom. The average Bonchev–Trinajstić information content (AvgIpc) is 3.08. The molecule has 1 amide bonds. The number of thioether (sulfide) groups is 1. The second-order valence-electron chi connectivity index (χ2n) is 5.66. The maximum atomic E-state index is 11.7. The minimum Gasteiger partial charge on any atom is -0.466 e. The first-order chi connectivity index (χ1) is 14.4. The molecule has 0 atom stereocenters. The van der Waals surface area contributed by atoms with Gasteiger partial charge in [0.2, 0.25) is 0 Å². The Balaban J connectivity index is 1.59. The molecule has 0 radical (unpaired) electrons. The third kappa shape index (κ3) is 5.52. The minimum absolute atomic E-state index is 0.0138. The highest BCUT2D eigenvalue weighted by molar-refractivity contribution is 8.18. The molecule has 1 N–H and O–H groups in total. The van der Waals surface area contributed by atoms with Gasteiger partial charge in [-0.05, 0) is 53.7 Å². The van der Waals surface area contributed by atoms with Gasteiger partial charge in [-0.3, -0.25) is 20.2 Å². The topological polar surface area (TPSA) is 132 Å². The molecule has 30 heavy (non-hydrogen) atoms. The Kier molecular flexibility index (Phi) is 6.55. The molecule has 152 valence electrons. The lowest BCUT2D eigenvalue weighted by molar-refractivity contribution is -0.384. The molecule has 10 nitrogen and oxygen atoms in total. The van der Waals surface area contributed by atoms with Gasteiger partial charge in [0, 0.05) is 18.2 Å². The summed E-state index contributed by atoms with van der Waals surface area (Å²) in [4.78, 5) is 33.3. The molecule has 1 saturated heterocycles. The quantitative estimate of drug-likeness (QED) is 0.247. The van der Waals surface area contributed by atoms with Gasteiger partial charge >= 0.3 is 5.97 Å². The van der Waals surface area contributed by atoms with Crippen molar-refractivity contribution in [3.05, 3.63) is 75.2 Å². The number of amidine groups is 1. The number of non-ortho nitro benzene ring substituents is 1. The van der Waals surface area contributed by atoms with Crippen LogP contribution in [0.4, 0.5) is 5.69 Å². The first-order valence-corrected chi connectivity index (χ1v) is 9.18. The van der Waals surface area contributed by atoms with E-state index in [1.54, 1.807) is 24.3 Å². The highest BCUT2D eigenvalue weighted by Gasteiger charge is 2.24. The Labute approximate surface area is 174 Å².